The van der Waals surface area contributed by atoms with Gasteiger partial charge in [0.2, 0.25) is 0 Å². The summed E-state index contributed by atoms with van der Waals surface area (Å²) < 4.78 is 0. The first-order valence-corrected chi connectivity index (χ1v) is 3.47. The van der Waals surface area contributed by atoms with Crippen LogP contribution >= 0.6 is 0 Å². The van der Waals surface area contributed by atoms with Crippen LogP contribution in [0.2, 0.25) is 0 Å². The first-order chi connectivity index (χ1) is 4.41. The van der Waals surface area contributed by atoms with Gasteiger partial charge < -0.3 is 4.99 Å². The van der Waals surface area contributed by atoms with Crippen molar-refractivity contribution in [3.05, 3.63) is 12.2 Å². The Morgan fingerprint density at radius 1 is 1.22 bits per heavy atom. The van der Waals surface area contributed by atoms with Crippen molar-refractivity contribution in [2.24, 2.45) is 4.99 Å². The van der Waals surface area contributed by atoms with Crippen LogP contribution < -0.4 is 0 Å². The topological polar surface area (TPSA) is 12.4 Å². The van der Waals surface area contributed by atoms with Crippen molar-refractivity contribution in [1.29, 1.82) is 0 Å². The maximum atomic E-state index is 3.87. The Morgan fingerprint density at radius 3 is 2.56 bits per heavy atom. The van der Waals surface area contributed by atoms with Crippen molar-refractivity contribution in [2.75, 3.05) is 7.05 Å². The van der Waals surface area contributed by atoms with Crippen LogP contribution in [0.25, 0.3) is 0 Å². The predicted molar refractivity (Wildman–Crippen MR) is 43.1 cm³/mol. The highest BCUT2D eigenvalue weighted by molar-refractivity contribution is 5.56. The van der Waals surface area contributed by atoms with Crippen molar-refractivity contribution >= 4 is 6.21 Å². The van der Waals surface area contributed by atoms with Crippen LogP contribution in [0.1, 0.15) is 26.2 Å². The van der Waals surface area contributed by atoms with Gasteiger partial charge in [-0.15, -0.1) is 0 Å². The molecule has 0 aliphatic rings. The summed E-state index contributed by atoms with van der Waals surface area (Å²) in [4.78, 5) is 3.87. The fourth-order valence-corrected chi connectivity index (χ4v) is 0.584. The molecule has 9 heavy (non-hydrogen) atoms. The van der Waals surface area contributed by atoms with Gasteiger partial charge in [0.25, 0.3) is 0 Å². The second kappa shape index (κ2) is 7.41. The van der Waals surface area contributed by atoms with Gasteiger partial charge in [-0.3, -0.25) is 0 Å². The predicted octanol–water partition coefficient (Wildman–Crippen LogP) is 2.43. The van der Waals surface area contributed by atoms with Gasteiger partial charge in [0.05, 0.1) is 0 Å². The number of rotatable bonds is 4. The molecule has 0 aromatic rings. The highest BCUT2D eigenvalue weighted by atomic mass is 14.6. The van der Waals surface area contributed by atoms with E-state index in [1.54, 1.807) is 0 Å². The van der Waals surface area contributed by atoms with E-state index in [-0.39, 0.29) is 0 Å². The molecule has 0 spiro atoms. The first-order valence-electron chi connectivity index (χ1n) is 3.47. The SMILES string of the molecule is CC/C=C/CCC=NC. The van der Waals surface area contributed by atoms with Crippen LogP contribution in [0.3, 0.4) is 0 Å². The highest BCUT2D eigenvalue weighted by Crippen LogP contribution is 1.88. The molecule has 0 saturated carbocycles. The molecule has 0 aliphatic carbocycles. The van der Waals surface area contributed by atoms with Crippen LogP contribution in [-0.2, 0) is 0 Å². The molecule has 0 fully saturated rings. The van der Waals surface area contributed by atoms with Crippen LogP contribution in [0, 0.1) is 0 Å². The smallest absolute Gasteiger partial charge is 0.0273 e. The maximum absolute atomic E-state index is 3.87. The molecule has 0 atom stereocenters. The van der Waals surface area contributed by atoms with Crippen molar-refractivity contribution < 1.29 is 0 Å². The van der Waals surface area contributed by atoms with Gasteiger partial charge in [-0.2, -0.15) is 0 Å². The van der Waals surface area contributed by atoms with Gasteiger partial charge in [0.1, 0.15) is 0 Å². The third kappa shape index (κ3) is 7.41. The van der Waals surface area contributed by atoms with E-state index in [2.05, 4.69) is 24.1 Å². The Labute approximate surface area is 57.5 Å². The molecule has 52 valence electrons. The molecule has 0 bridgehead atoms. The van der Waals surface area contributed by atoms with E-state index >= 15 is 0 Å². The number of hydrogen-bond donors (Lipinski definition) is 0. The zero-order valence-electron chi connectivity index (χ0n) is 6.30. The second-order valence-electron chi connectivity index (χ2n) is 1.90. The fraction of sp³-hybridized carbons (Fsp3) is 0.625. The Balaban J connectivity index is 2.99. The standard InChI is InChI=1S/C8H15N/c1-3-4-5-6-7-8-9-2/h4-5,8H,3,6-7H2,1-2H3/b5-4+,9-8?. The van der Waals surface area contributed by atoms with Crippen molar-refractivity contribution in [3.63, 3.8) is 0 Å². The quantitative estimate of drug-likeness (QED) is 0.311. The van der Waals surface area contributed by atoms with Crippen molar-refractivity contribution in [1.82, 2.24) is 0 Å². The molecule has 0 aromatic carbocycles. The third-order valence-corrected chi connectivity index (χ3v) is 1.05. The van der Waals surface area contributed by atoms with Gasteiger partial charge in [0, 0.05) is 7.05 Å². The number of aliphatic imine (C=N–C) groups is 1. The van der Waals surface area contributed by atoms with Crippen LogP contribution in [0.5, 0.6) is 0 Å². The van der Waals surface area contributed by atoms with Gasteiger partial charge in [0.15, 0.2) is 0 Å². The maximum Gasteiger partial charge on any atom is 0.0273 e. The lowest BCUT2D eigenvalue weighted by Gasteiger charge is -1.82. The molecule has 1 heteroatoms. The molecule has 0 N–H and O–H groups in total. The summed E-state index contributed by atoms with van der Waals surface area (Å²) in [5.74, 6) is 0. The normalized spacial score (nSPS) is 11.8. The Hall–Kier alpha value is -0.590. The zero-order valence-corrected chi connectivity index (χ0v) is 6.30. The molecule has 0 radical (unpaired) electrons. The molecule has 0 saturated heterocycles. The minimum Gasteiger partial charge on any atom is -0.301 e. The molecule has 0 heterocycles. The lowest BCUT2D eigenvalue weighted by Crippen LogP contribution is -1.71. The summed E-state index contributed by atoms with van der Waals surface area (Å²) in [6.45, 7) is 2.14. The molecule has 0 amide bonds. The molecular formula is C8H15N. The summed E-state index contributed by atoms with van der Waals surface area (Å²) >= 11 is 0. The van der Waals surface area contributed by atoms with E-state index in [4.69, 9.17) is 0 Å². The summed E-state index contributed by atoms with van der Waals surface area (Å²) in [7, 11) is 1.81. The van der Waals surface area contributed by atoms with E-state index in [1.807, 2.05) is 13.3 Å². The van der Waals surface area contributed by atoms with E-state index in [0.717, 1.165) is 19.3 Å². The Morgan fingerprint density at radius 2 is 2.00 bits per heavy atom. The average molecular weight is 125 g/mol. The first kappa shape index (κ1) is 8.41. The van der Waals surface area contributed by atoms with Gasteiger partial charge in [-0.05, 0) is 25.5 Å². The fourth-order valence-electron chi connectivity index (χ4n) is 0.584. The second-order valence-corrected chi connectivity index (χ2v) is 1.90. The largest absolute Gasteiger partial charge is 0.301 e. The van der Waals surface area contributed by atoms with Crippen LogP contribution in [0.15, 0.2) is 17.1 Å². The lowest BCUT2D eigenvalue weighted by molar-refractivity contribution is 1.09. The number of unbranched alkanes of at least 4 members (excludes halogenated alkanes) is 1. The monoisotopic (exact) mass is 125 g/mol. The minimum atomic E-state index is 1.08. The number of allylic oxidation sites excluding steroid dienone is 2. The van der Waals surface area contributed by atoms with Gasteiger partial charge in [-0.1, -0.05) is 19.1 Å². The number of hydrogen-bond acceptors (Lipinski definition) is 1. The van der Waals surface area contributed by atoms with Crippen molar-refractivity contribution in [3.8, 4) is 0 Å². The highest BCUT2D eigenvalue weighted by Gasteiger charge is 1.73. The number of nitrogens with zero attached hydrogens (tertiary/aromatic N) is 1. The van der Waals surface area contributed by atoms with E-state index in [9.17, 15) is 0 Å². The minimum absolute atomic E-state index is 1.08. The Kier molecular flexibility index (Phi) is 6.92. The molecule has 0 unspecified atom stereocenters. The molecule has 0 aromatic heterocycles. The van der Waals surface area contributed by atoms with Crippen molar-refractivity contribution in [2.45, 2.75) is 26.2 Å². The summed E-state index contributed by atoms with van der Waals surface area (Å²) in [5, 5.41) is 0. The van der Waals surface area contributed by atoms with E-state index < -0.39 is 0 Å². The molecule has 0 aliphatic heterocycles. The van der Waals surface area contributed by atoms with E-state index in [0.29, 0.717) is 0 Å². The molecule has 1 nitrogen and oxygen atoms in total. The summed E-state index contributed by atoms with van der Waals surface area (Å²) in [6, 6.07) is 0. The van der Waals surface area contributed by atoms with E-state index in [1.165, 1.54) is 0 Å². The Bertz CT molecular complexity index is 92.7. The summed E-state index contributed by atoms with van der Waals surface area (Å²) in [6.07, 6.45) is 9.67. The van der Waals surface area contributed by atoms with Crippen LogP contribution in [0.4, 0.5) is 0 Å². The van der Waals surface area contributed by atoms with Crippen LogP contribution in [-0.4, -0.2) is 13.3 Å². The average Bonchev–Trinajstić information content (AvgIpc) is 1.89. The zero-order chi connectivity index (χ0) is 6.95. The van der Waals surface area contributed by atoms with Gasteiger partial charge >= 0.3 is 0 Å². The molecule has 0 rings (SSSR count). The summed E-state index contributed by atoms with van der Waals surface area (Å²) in [5.41, 5.74) is 0. The van der Waals surface area contributed by atoms with Gasteiger partial charge in [-0.25, -0.2) is 0 Å². The lowest BCUT2D eigenvalue weighted by atomic mass is 10.3. The molecular weight excluding hydrogens is 110 g/mol. The third-order valence-electron chi connectivity index (χ3n) is 1.05.